The van der Waals surface area contributed by atoms with Crippen molar-refractivity contribution in [1.29, 1.82) is 0 Å². The number of carbonyl (C=O) groups excluding carboxylic acids is 2. The molecule has 0 aliphatic carbocycles. The van der Waals surface area contributed by atoms with Crippen LogP contribution in [0.5, 0.6) is 0 Å². The molecule has 2 rings (SSSR count). The Morgan fingerprint density at radius 2 is 2.29 bits per heavy atom. The number of fused-ring (bicyclic) bond motifs is 1. The molecule has 2 aliphatic heterocycles. The molecule has 2 N–H and O–H groups in total. The number of nitrogens with one attached hydrogen (secondary N) is 2. The standard InChI is InChI=1S/C11H18N2O3S/c1-16-9(14)5-3-2-4-8-10-7(6-17-8)12-11(15)13-10/h7-8,10H,2-6H2,1H3,(H2,12,13,15)/t7-,8?,10-/m0/s1. The van der Waals surface area contributed by atoms with E-state index in [9.17, 15) is 9.59 Å². The molecule has 0 saturated carbocycles. The SMILES string of the molecule is COC(=O)CCCCC1SC[C@@H]2NC(=O)N[C@H]12. The maximum atomic E-state index is 11.2. The number of thioether (sulfide) groups is 1. The highest BCUT2D eigenvalue weighted by Gasteiger charge is 2.42. The van der Waals surface area contributed by atoms with Crippen LogP contribution in [0.4, 0.5) is 4.79 Å². The van der Waals surface area contributed by atoms with E-state index in [1.165, 1.54) is 7.11 Å². The Hall–Kier alpha value is -0.910. The summed E-state index contributed by atoms with van der Waals surface area (Å²) in [6, 6.07) is 0.517. The number of urea groups is 1. The molecule has 0 aromatic heterocycles. The van der Waals surface area contributed by atoms with Crippen LogP contribution in [0.1, 0.15) is 25.7 Å². The second-order valence-electron chi connectivity index (χ2n) is 4.44. The highest BCUT2D eigenvalue weighted by atomic mass is 32.2. The molecule has 96 valence electrons. The highest BCUT2D eigenvalue weighted by Crippen LogP contribution is 2.33. The van der Waals surface area contributed by atoms with E-state index >= 15 is 0 Å². The van der Waals surface area contributed by atoms with Gasteiger partial charge in [0.1, 0.15) is 0 Å². The van der Waals surface area contributed by atoms with E-state index in [1.807, 2.05) is 11.8 Å². The first kappa shape index (κ1) is 12.5. The third-order valence-corrected chi connectivity index (χ3v) is 4.79. The van der Waals surface area contributed by atoms with Gasteiger partial charge in [-0.1, -0.05) is 6.42 Å². The van der Waals surface area contributed by atoms with Gasteiger partial charge >= 0.3 is 12.0 Å². The number of esters is 1. The second kappa shape index (κ2) is 5.62. The lowest BCUT2D eigenvalue weighted by Gasteiger charge is -2.16. The summed E-state index contributed by atoms with van der Waals surface area (Å²) < 4.78 is 4.59. The molecule has 2 aliphatic rings. The molecule has 0 bridgehead atoms. The summed E-state index contributed by atoms with van der Waals surface area (Å²) >= 11 is 1.91. The van der Waals surface area contributed by atoms with Crippen molar-refractivity contribution in [3.63, 3.8) is 0 Å². The van der Waals surface area contributed by atoms with Gasteiger partial charge in [0.2, 0.25) is 0 Å². The van der Waals surface area contributed by atoms with Crippen LogP contribution >= 0.6 is 11.8 Å². The Labute approximate surface area is 105 Å². The Kier molecular flexibility index (Phi) is 4.15. The Morgan fingerprint density at radius 3 is 3.06 bits per heavy atom. The van der Waals surface area contributed by atoms with E-state index in [-0.39, 0.29) is 24.1 Å². The molecule has 0 spiro atoms. The number of carbonyl (C=O) groups is 2. The third-order valence-electron chi connectivity index (χ3n) is 3.29. The van der Waals surface area contributed by atoms with Crippen molar-refractivity contribution >= 4 is 23.8 Å². The lowest BCUT2D eigenvalue weighted by Crippen LogP contribution is -2.36. The zero-order valence-electron chi connectivity index (χ0n) is 9.90. The molecular formula is C11H18N2O3S. The molecular weight excluding hydrogens is 240 g/mol. The predicted molar refractivity (Wildman–Crippen MR) is 66.0 cm³/mol. The number of ether oxygens (including phenoxy) is 1. The van der Waals surface area contributed by atoms with Gasteiger partial charge in [-0.2, -0.15) is 11.8 Å². The lowest BCUT2D eigenvalue weighted by atomic mass is 10.0. The van der Waals surface area contributed by atoms with Crippen LogP contribution in [0.2, 0.25) is 0 Å². The van der Waals surface area contributed by atoms with Gasteiger partial charge in [-0.15, -0.1) is 0 Å². The topological polar surface area (TPSA) is 67.4 Å². The lowest BCUT2D eigenvalue weighted by molar-refractivity contribution is -0.140. The van der Waals surface area contributed by atoms with Crippen LogP contribution in [0.25, 0.3) is 0 Å². The Bertz CT molecular complexity index is 311. The number of hydrogen-bond acceptors (Lipinski definition) is 4. The molecule has 5 nitrogen and oxygen atoms in total. The van der Waals surface area contributed by atoms with Crippen molar-refractivity contribution in [2.24, 2.45) is 0 Å². The number of amides is 2. The fourth-order valence-electron chi connectivity index (χ4n) is 2.36. The predicted octanol–water partition coefficient (Wildman–Crippen LogP) is 0.885. The van der Waals surface area contributed by atoms with Crippen LogP contribution in [0.3, 0.4) is 0 Å². The normalized spacial score (nSPS) is 30.6. The molecule has 0 radical (unpaired) electrons. The molecule has 1 unspecified atom stereocenters. The highest BCUT2D eigenvalue weighted by molar-refractivity contribution is 8.00. The molecule has 2 saturated heterocycles. The van der Waals surface area contributed by atoms with Crippen molar-refractivity contribution < 1.29 is 14.3 Å². The van der Waals surface area contributed by atoms with Gasteiger partial charge in [-0.05, 0) is 12.8 Å². The van der Waals surface area contributed by atoms with Gasteiger partial charge in [0.25, 0.3) is 0 Å². The second-order valence-corrected chi connectivity index (χ2v) is 5.72. The first-order chi connectivity index (χ1) is 8.20. The van der Waals surface area contributed by atoms with Crippen molar-refractivity contribution in [2.75, 3.05) is 12.9 Å². The van der Waals surface area contributed by atoms with Crippen LogP contribution in [-0.4, -0.2) is 42.2 Å². The Balaban J connectivity index is 1.66. The van der Waals surface area contributed by atoms with Crippen LogP contribution in [-0.2, 0) is 9.53 Å². The fraction of sp³-hybridized carbons (Fsp3) is 0.818. The van der Waals surface area contributed by atoms with Crippen LogP contribution in [0.15, 0.2) is 0 Å². The quantitative estimate of drug-likeness (QED) is 0.436. The van der Waals surface area contributed by atoms with Gasteiger partial charge in [0.15, 0.2) is 0 Å². The zero-order valence-corrected chi connectivity index (χ0v) is 10.7. The zero-order chi connectivity index (χ0) is 12.3. The monoisotopic (exact) mass is 258 g/mol. The average molecular weight is 258 g/mol. The van der Waals surface area contributed by atoms with E-state index in [1.54, 1.807) is 0 Å². The molecule has 2 fully saturated rings. The minimum absolute atomic E-state index is 0.0418. The largest absolute Gasteiger partial charge is 0.469 e. The summed E-state index contributed by atoms with van der Waals surface area (Å²) in [5, 5.41) is 6.37. The third kappa shape index (κ3) is 3.06. The summed E-state index contributed by atoms with van der Waals surface area (Å²) in [4.78, 5) is 22.1. The van der Waals surface area contributed by atoms with Gasteiger partial charge < -0.3 is 15.4 Å². The Morgan fingerprint density at radius 1 is 1.47 bits per heavy atom. The van der Waals surface area contributed by atoms with Gasteiger partial charge in [-0.3, -0.25) is 4.79 Å². The van der Waals surface area contributed by atoms with Crippen molar-refractivity contribution in [2.45, 2.75) is 43.0 Å². The first-order valence-corrected chi connectivity index (χ1v) is 7.01. The minimum atomic E-state index is -0.141. The average Bonchev–Trinajstić information content (AvgIpc) is 2.84. The first-order valence-electron chi connectivity index (χ1n) is 5.96. The molecule has 0 aromatic carbocycles. The fourth-order valence-corrected chi connectivity index (χ4v) is 3.90. The molecule has 6 heteroatoms. The smallest absolute Gasteiger partial charge is 0.315 e. The van der Waals surface area contributed by atoms with Crippen molar-refractivity contribution in [3.05, 3.63) is 0 Å². The molecule has 0 aromatic rings. The van der Waals surface area contributed by atoms with Crippen molar-refractivity contribution in [1.82, 2.24) is 10.6 Å². The number of rotatable bonds is 5. The number of hydrogen-bond donors (Lipinski definition) is 2. The summed E-state index contributed by atoms with van der Waals surface area (Å²) in [5.74, 6) is 0.850. The summed E-state index contributed by atoms with van der Waals surface area (Å²) in [6.45, 7) is 0. The number of methoxy groups -OCH3 is 1. The molecule has 2 heterocycles. The van der Waals surface area contributed by atoms with Gasteiger partial charge in [0.05, 0.1) is 19.2 Å². The molecule has 2 amide bonds. The van der Waals surface area contributed by atoms with E-state index in [0.29, 0.717) is 11.7 Å². The van der Waals surface area contributed by atoms with E-state index in [2.05, 4.69) is 15.4 Å². The maximum absolute atomic E-state index is 11.2. The van der Waals surface area contributed by atoms with Crippen LogP contribution < -0.4 is 10.6 Å². The molecule has 3 atom stereocenters. The minimum Gasteiger partial charge on any atom is -0.469 e. The summed E-state index contributed by atoms with van der Waals surface area (Å²) in [6.07, 6.45) is 3.41. The molecule has 17 heavy (non-hydrogen) atoms. The summed E-state index contributed by atoms with van der Waals surface area (Å²) in [7, 11) is 1.42. The van der Waals surface area contributed by atoms with Crippen molar-refractivity contribution in [3.8, 4) is 0 Å². The van der Waals surface area contributed by atoms with Gasteiger partial charge in [-0.25, -0.2) is 4.79 Å². The van der Waals surface area contributed by atoms with Gasteiger partial charge in [0, 0.05) is 17.4 Å². The summed E-state index contributed by atoms with van der Waals surface area (Å²) in [5.41, 5.74) is 0. The van der Waals surface area contributed by atoms with E-state index < -0.39 is 0 Å². The van der Waals surface area contributed by atoms with E-state index in [0.717, 1.165) is 25.0 Å². The van der Waals surface area contributed by atoms with E-state index in [4.69, 9.17) is 0 Å². The van der Waals surface area contributed by atoms with Crippen LogP contribution in [0, 0.1) is 0 Å². The maximum Gasteiger partial charge on any atom is 0.315 e. The number of unbranched alkanes of at least 4 members (excludes halogenated alkanes) is 1.